The molecule has 1 aliphatic rings. The van der Waals surface area contributed by atoms with E-state index < -0.39 is 0 Å². The second kappa shape index (κ2) is 7.43. The first-order valence-electron chi connectivity index (χ1n) is 8.55. The number of carbonyl (C=O) groups excluding carboxylic acids is 1. The molecule has 3 rings (SSSR count). The van der Waals surface area contributed by atoms with Crippen LogP contribution in [0.25, 0.3) is 0 Å². The van der Waals surface area contributed by atoms with E-state index >= 15 is 0 Å². The number of rotatable bonds is 5. The van der Waals surface area contributed by atoms with Crippen molar-refractivity contribution in [2.45, 2.75) is 33.2 Å². The van der Waals surface area contributed by atoms with Crippen molar-refractivity contribution < 1.29 is 4.79 Å². The lowest BCUT2D eigenvalue weighted by atomic mass is 10.0. The molecule has 0 spiro atoms. The van der Waals surface area contributed by atoms with E-state index in [1.54, 1.807) is 12.4 Å². The topological polar surface area (TPSA) is 58.1 Å². The van der Waals surface area contributed by atoms with Crippen molar-refractivity contribution in [3.63, 3.8) is 0 Å². The molecule has 126 valence electrons. The highest BCUT2D eigenvalue weighted by Crippen LogP contribution is 2.22. The highest BCUT2D eigenvalue weighted by molar-refractivity contribution is 5.91. The number of anilines is 1. The van der Waals surface area contributed by atoms with Gasteiger partial charge >= 0.3 is 0 Å². The quantitative estimate of drug-likeness (QED) is 0.919. The summed E-state index contributed by atoms with van der Waals surface area (Å²) < 4.78 is 0. The molecule has 24 heavy (non-hydrogen) atoms. The molecule has 0 atom stereocenters. The Balaban J connectivity index is 1.62. The second-order valence-corrected chi connectivity index (χ2v) is 6.64. The van der Waals surface area contributed by atoms with Gasteiger partial charge in [-0.3, -0.25) is 4.79 Å². The van der Waals surface area contributed by atoms with Crippen LogP contribution in [-0.2, 0) is 13.0 Å². The van der Waals surface area contributed by atoms with Crippen LogP contribution >= 0.6 is 0 Å². The van der Waals surface area contributed by atoms with Gasteiger partial charge in [0.1, 0.15) is 11.5 Å². The maximum atomic E-state index is 12.1. The van der Waals surface area contributed by atoms with E-state index in [0.717, 1.165) is 31.7 Å². The molecule has 0 aliphatic carbocycles. The minimum absolute atomic E-state index is 0.154. The molecule has 0 fully saturated rings. The Bertz CT molecular complexity index is 697. The molecule has 1 aliphatic heterocycles. The predicted molar refractivity (Wildman–Crippen MR) is 95.0 cm³/mol. The highest BCUT2D eigenvalue weighted by atomic mass is 16.1. The zero-order valence-corrected chi connectivity index (χ0v) is 14.3. The number of carbonyl (C=O) groups is 1. The maximum Gasteiger partial charge on any atom is 0.271 e. The van der Waals surface area contributed by atoms with Crippen LogP contribution in [0.2, 0.25) is 0 Å². The van der Waals surface area contributed by atoms with Crippen LogP contribution in [-0.4, -0.2) is 29.0 Å². The van der Waals surface area contributed by atoms with Crippen molar-refractivity contribution in [1.29, 1.82) is 0 Å². The van der Waals surface area contributed by atoms with E-state index in [9.17, 15) is 4.79 Å². The third kappa shape index (κ3) is 3.91. The summed E-state index contributed by atoms with van der Waals surface area (Å²) in [4.78, 5) is 23.0. The summed E-state index contributed by atoms with van der Waals surface area (Å²) in [5, 5.41) is 2.89. The molecular weight excluding hydrogens is 300 g/mol. The second-order valence-electron chi connectivity index (χ2n) is 6.64. The van der Waals surface area contributed by atoms with E-state index in [1.165, 1.54) is 11.1 Å². The van der Waals surface area contributed by atoms with Crippen LogP contribution in [0.15, 0.2) is 36.7 Å². The van der Waals surface area contributed by atoms with Crippen molar-refractivity contribution in [1.82, 2.24) is 15.3 Å². The Morgan fingerprint density at radius 3 is 2.71 bits per heavy atom. The van der Waals surface area contributed by atoms with E-state index in [4.69, 9.17) is 0 Å². The summed E-state index contributed by atoms with van der Waals surface area (Å²) in [7, 11) is 0. The van der Waals surface area contributed by atoms with Gasteiger partial charge in [-0.05, 0) is 29.9 Å². The predicted octanol–water partition coefficient (Wildman–Crippen LogP) is 2.82. The molecule has 1 N–H and O–H groups in total. The number of amides is 1. The molecule has 2 heterocycles. The Hall–Kier alpha value is -2.43. The van der Waals surface area contributed by atoms with Crippen LogP contribution < -0.4 is 10.2 Å². The molecule has 0 saturated heterocycles. The first-order valence-corrected chi connectivity index (χ1v) is 8.55. The molecule has 2 aromatic rings. The smallest absolute Gasteiger partial charge is 0.271 e. The van der Waals surface area contributed by atoms with Crippen molar-refractivity contribution in [2.24, 2.45) is 5.92 Å². The molecule has 1 aromatic carbocycles. The fourth-order valence-corrected chi connectivity index (χ4v) is 2.86. The van der Waals surface area contributed by atoms with Gasteiger partial charge in [-0.15, -0.1) is 0 Å². The fraction of sp³-hybridized carbons (Fsp3) is 0.421. The largest absolute Gasteiger partial charge is 0.351 e. The van der Waals surface area contributed by atoms with Crippen LogP contribution in [0.1, 0.15) is 41.9 Å². The highest BCUT2D eigenvalue weighted by Gasteiger charge is 2.17. The van der Waals surface area contributed by atoms with Crippen molar-refractivity contribution in [2.75, 3.05) is 18.0 Å². The molecule has 5 heteroatoms. The molecule has 5 nitrogen and oxygen atoms in total. The maximum absolute atomic E-state index is 12.1. The van der Waals surface area contributed by atoms with Gasteiger partial charge in [-0.25, -0.2) is 9.97 Å². The van der Waals surface area contributed by atoms with Gasteiger partial charge in [0, 0.05) is 19.6 Å². The van der Waals surface area contributed by atoms with Gasteiger partial charge in [0.2, 0.25) is 0 Å². The number of aromatic nitrogens is 2. The summed E-state index contributed by atoms with van der Waals surface area (Å²) in [6, 6.07) is 8.49. The van der Waals surface area contributed by atoms with Gasteiger partial charge in [-0.2, -0.15) is 0 Å². The molecular formula is C19H24N4O. The van der Waals surface area contributed by atoms with Crippen LogP contribution in [0, 0.1) is 5.92 Å². The Morgan fingerprint density at radius 2 is 2.00 bits per heavy atom. The van der Waals surface area contributed by atoms with Gasteiger partial charge < -0.3 is 10.2 Å². The Kier molecular flexibility index (Phi) is 5.08. The van der Waals surface area contributed by atoms with Gasteiger partial charge in [-0.1, -0.05) is 38.1 Å². The lowest BCUT2D eigenvalue weighted by molar-refractivity contribution is 0.0946. The number of hydrogen-bond acceptors (Lipinski definition) is 4. The van der Waals surface area contributed by atoms with Crippen LogP contribution in [0.3, 0.4) is 0 Å². The lowest BCUT2D eigenvalue weighted by Gasteiger charge is -2.29. The van der Waals surface area contributed by atoms with E-state index in [1.807, 2.05) is 0 Å². The summed E-state index contributed by atoms with van der Waals surface area (Å²) in [6.07, 6.45) is 5.24. The normalized spacial score (nSPS) is 13.7. The van der Waals surface area contributed by atoms with E-state index in [2.05, 4.69) is 58.3 Å². The standard InChI is InChI=1S/C19H24N4O/c1-14(2)7-9-20-19(24)17-11-22-18(12-21-17)23-10-8-15-5-3-4-6-16(15)13-23/h3-6,11-12,14H,7-10,13H2,1-2H3,(H,20,24). The van der Waals surface area contributed by atoms with Crippen molar-refractivity contribution in [3.8, 4) is 0 Å². The number of nitrogens with one attached hydrogen (secondary N) is 1. The summed E-state index contributed by atoms with van der Waals surface area (Å²) in [5.41, 5.74) is 3.11. The molecule has 0 radical (unpaired) electrons. The van der Waals surface area contributed by atoms with E-state index in [-0.39, 0.29) is 5.91 Å². The minimum atomic E-state index is -0.154. The zero-order chi connectivity index (χ0) is 16.9. The summed E-state index contributed by atoms with van der Waals surface area (Å²) in [5.74, 6) is 1.24. The number of fused-ring (bicyclic) bond motifs is 1. The first kappa shape index (κ1) is 16.4. The first-order chi connectivity index (χ1) is 11.6. The van der Waals surface area contributed by atoms with Gasteiger partial charge in [0.15, 0.2) is 0 Å². The summed E-state index contributed by atoms with van der Waals surface area (Å²) >= 11 is 0. The Labute approximate surface area is 143 Å². The average Bonchev–Trinajstić information content (AvgIpc) is 2.61. The molecule has 0 saturated carbocycles. The van der Waals surface area contributed by atoms with Gasteiger partial charge in [0.05, 0.1) is 12.4 Å². The third-order valence-corrected chi connectivity index (χ3v) is 4.33. The monoisotopic (exact) mass is 324 g/mol. The molecule has 0 bridgehead atoms. The molecule has 0 unspecified atom stereocenters. The SMILES string of the molecule is CC(C)CCNC(=O)c1cnc(N2CCc3ccccc3C2)cn1. The third-order valence-electron chi connectivity index (χ3n) is 4.33. The number of hydrogen-bond donors (Lipinski definition) is 1. The van der Waals surface area contributed by atoms with Gasteiger partial charge in [0.25, 0.3) is 5.91 Å². The number of benzene rings is 1. The van der Waals surface area contributed by atoms with Crippen molar-refractivity contribution in [3.05, 3.63) is 53.5 Å². The summed E-state index contributed by atoms with van der Waals surface area (Å²) in [6.45, 7) is 6.70. The zero-order valence-electron chi connectivity index (χ0n) is 14.3. The molecule has 1 amide bonds. The number of nitrogens with zero attached hydrogens (tertiary/aromatic N) is 3. The average molecular weight is 324 g/mol. The Morgan fingerprint density at radius 1 is 1.21 bits per heavy atom. The van der Waals surface area contributed by atoms with Crippen LogP contribution in [0.4, 0.5) is 5.82 Å². The lowest BCUT2D eigenvalue weighted by Crippen LogP contribution is -2.31. The van der Waals surface area contributed by atoms with Crippen LogP contribution in [0.5, 0.6) is 0 Å². The van der Waals surface area contributed by atoms with E-state index in [0.29, 0.717) is 18.2 Å². The molecule has 1 aromatic heterocycles. The minimum Gasteiger partial charge on any atom is -0.351 e. The van der Waals surface area contributed by atoms with Crippen molar-refractivity contribution >= 4 is 11.7 Å². The fourth-order valence-electron chi connectivity index (χ4n) is 2.86.